The Morgan fingerprint density at radius 2 is 1.59 bits per heavy atom. The Balaban J connectivity index is 1.53. The molecule has 0 radical (unpaired) electrons. The van der Waals surface area contributed by atoms with Crippen molar-refractivity contribution in [3.63, 3.8) is 0 Å². The molecule has 0 amide bonds. The summed E-state index contributed by atoms with van der Waals surface area (Å²) in [7, 11) is 0. The number of aliphatic hydroxyl groups is 4. The third-order valence-corrected chi connectivity index (χ3v) is 5.45. The molecule has 9 atom stereocenters. The van der Waals surface area contributed by atoms with Crippen LogP contribution in [0.1, 0.15) is 32.1 Å². The second kappa shape index (κ2) is 11.0. The van der Waals surface area contributed by atoms with Crippen LogP contribution in [-0.2, 0) is 23.7 Å². The number of ether oxygens (including phenoxy) is 5. The molecule has 3 heterocycles. The SMILES string of the molecule is O=NC[C@H]1C[C@@H](O)C[C@@H](O[C@@H]2C[C@H](CO)O[C@H](O[C@H]3CO[C@H](CO)[C@@H](O)C3)C2)O1. The fourth-order valence-electron chi connectivity index (χ4n) is 4.01. The molecule has 0 unspecified atom stereocenters. The summed E-state index contributed by atoms with van der Waals surface area (Å²) in [6.45, 7) is -0.295. The first-order valence-electron chi connectivity index (χ1n) is 10.1. The Morgan fingerprint density at radius 1 is 0.862 bits per heavy atom. The van der Waals surface area contributed by atoms with E-state index in [4.69, 9.17) is 28.8 Å². The van der Waals surface area contributed by atoms with Gasteiger partial charge >= 0.3 is 0 Å². The minimum Gasteiger partial charge on any atom is -0.394 e. The molecule has 3 aliphatic rings. The highest BCUT2D eigenvalue weighted by Gasteiger charge is 2.38. The normalized spacial score (nSPS) is 43.8. The molecule has 0 spiro atoms. The Hall–Kier alpha value is -0.760. The Kier molecular flexibility index (Phi) is 8.71. The molecule has 0 aliphatic carbocycles. The predicted octanol–water partition coefficient (Wildman–Crippen LogP) is -0.971. The summed E-state index contributed by atoms with van der Waals surface area (Å²) in [4.78, 5) is 10.5. The van der Waals surface area contributed by atoms with Crippen LogP contribution in [0.4, 0.5) is 0 Å². The quantitative estimate of drug-likeness (QED) is 0.360. The summed E-state index contributed by atoms with van der Waals surface area (Å²) in [5.41, 5.74) is 0. The van der Waals surface area contributed by atoms with Crippen molar-refractivity contribution in [1.82, 2.24) is 0 Å². The topological polar surface area (TPSA) is 156 Å². The average molecular weight is 421 g/mol. The van der Waals surface area contributed by atoms with E-state index < -0.39 is 49.2 Å². The van der Waals surface area contributed by atoms with E-state index >= 15 is 0 Å². The first-order valence-corrected chi connectivity index (χ1v) is 10.1. The van der Waals surface area contributed by atoms with E-state index in [0.29, 0.717) is 25.7 Å². The van der Waals surface area contributed by atoms with Gasteiger partial charge in [0, 0.05) is 32.1 Å². The van der Waals surface area contributed by atoms with Crippen molar-refractivity contribution in [1.29, 1.82) is 0 Å². The maximum Gasteiger partial charge on any atom is 0.161 e. The van der Waals surface area contributed by atoms with Crippen LogP contribution in [0, 0.1) is 4.91 Å². The number of hydrogen-bond donors (Lipinski definition) is 4. The smallest absolute Gasteiger partial charge is 0.161 e. The average Bonchev–Trinajstić information content (AvgIpc) is 2.67. The minimum atomic E-state index is -0.830. The first-order chi connectivity index (χ1) is 14.0. The molecule has 29 heavy (non-hydrogen) atoms. The highest BCUT2D eigenvalue weighted by atomic mass is 16.7. The largest absolute Gasteiger partial charge is 0.394 e. The van der Waals surface area contributed by atoms with Crippen LogP contribution >= 0.6 is 0 Å². The zero-order valence-corrected chi connectivity index (χ0v) is 16.2. The van der Waals surface area contributed by atoms with Crippen LogP contribution in [0.5, 0.6) is 0 Å². The van der Waals surface area contributed by atoms with Gasteiger partial charge in [-0.3, -0.25) is 0 Å². The van der Waals surface area contributed by atoms with Gasteiger partial charge in [-0.2, -0.15) is 4.91 Å². The fraction of sp³-hybridized carbons (Fsp3) is 1.00. The molecule has 0 saturated carbocycles. The molecule has 3 saturated heterocycles. The second-order valence-electron chi connectivity index (χ2n) is 7.84. The van der Waals surface area contributed by atoms with Crippen LogP contribution in [-0.4, -0.2) is 102 Å². The molecule has 168 valence electrons. The summed E-state index contributed by atoms with van der Waals surface area (Å²) >= 11 is 0. The molecule has 0 aromatic carbocycles. The van der Waals surface area contributed by atoms with Crippen LogP contribution in [0.3, 0.4) is 0 Å². The predicted molar refractivity (Wildman–Crippen MR) is 96.7 cm³/mol. The number of rotatable bonds is 8. The molecular formula is C18H31NO10. The van der Waals surface area contributed by atoms with E-state index in [-0.39, 0.29) is 38.9 Å². The summed E-state index contributed by atoms with van der Waals surface area (Å²) in [6.07, 6.45) is -3.43. The van der Waals surface area contributed by atoms with Crippen molar-refractivity contribution in [2.45, 2.75) is 87.4 Å². The van der Waals surface area contributed by atoms with Gasteiger partial charge in [-0.1, -0.05) is 5.18 Å². The molecule has 4 N–H and O–H groups in total. The van der Waals surface area contributed by atoms with Gasteiger partial charge in [-0.15, -0.1) is 0 Å². The van der Waals surface area contributed by atoms with Crippen LogP contribution in [0.25, 0.3) is 0 Å². The third-order valence-electron chi connectivity index (χ3n) is 5.45. The Labute approximate surface area is 168 Å². The maximum atomic E-state index is 10.5. The molecule has 3 aliphatic heterocycles. The van der Waals surface area contributed by atoms with Crippen LogP contribution < -0.4 is 0 Å². The van der Waals surface area contributed by atoms with Gasteiger partial charge < -0.3 is 44.1 Å². The number of nitrogens with zero attached hydrogens (tertiary/aromatic N) is 1. The number of nitroso groups, excluding NO2 is 1. The summed E-state index contributed by atoms with van der Waals surface area (Å²) < 4.78 is 28.7. The van der Waals surface area contributed by atoms with Crippen molar-refractivity contribution in [2.24, 2.45) is 5.18 Å². The molecular weight excluding hydrogens is 390 g/mol. The Bertz CT molecular complexity index is 511. The van der Waals surface area contributed by atoms with Crippen molar-refractivity contribution < 1.29 is 44.1 Å². The van der Waals surface area contributed by atoms with Gasteiger partial charge in [0.1, 0.15) is 12.6 Å². The lowest BCUT2D eigenvalue weighted by molar-refractivity contribution is -0.290. The molecule has 3 fully saturated rings. The lowest BCUT2D eigenvalue weighted by atomic mass is 10.0. The third kappa shape index (κ3) is 6.61. The van der Waals surface area contributed by atoms with Gasteiger partial charge in [0.05, 0.1) is 56.4 Å². The first kappa shape index (κ1) is 22.9. The Morgan fingerprint density at radius 3 is 2.28 bits per heavy atom. The van der Waals surface area contributed by atoms with Gasteiger partial charge in [0.25, 0.3) is 0 Å². The number of hydrogen-bond acceptors (Lipinski definition) is 11. The van der Waals surface area contributed by atoms with Crippen LogP contribution in [0.15, 0.2) is 5.18 Å². The molecule has 0 aromatic heterocycles. The number of aliphatic hydroxyl groups excluding tert-OH is 4. The van der Waals surface area contributed by atoms with Crippen LogP contribution in [0.2, 0.25) is 0 Å². The maximum absolute atomic E-state index is 10.5. The molecule has 3 rings (SSSR count). The summed E-state index contributed by atoms with van der Waals surface area (Å²) in [5.74, 6) is 0. The van der Waals surface area contributed by atoms with E-state index in [1.165, 1.54) is 0 Å². The summed E-state index contributed by atoms with van der Waals surface area (Å²) in [5, 5.41) is 41.5. The summed E-state index contributed by atoms with van der Waals surface area (Å²) in [6, 6.07) is 0. The van der Waals surface area contributed by atoms with E-state index in [9.17, 15) is 20.2 Å². The highest BCUT2D eigenvalue weighted by Crippen LogP contribution is 2.30. The standard InChI is InChI=1S/C18H31NO10/c20-7-13-3-11(26-17-2-10(22)1-12(27-17)6-19-24)5-18(28-13)29-14-4-15(23)16(8-21)25-9-14/h10-18,20-23H,1-9H2/t10-,11-,12-,13-,14-,15+,16-,17+,18-/m1/s1. The van der Waals surface area contributed by atoms with Crippen molar-refractivity contribution in [3.8, 4) is 0 Å². The zero-order valence-electron chi connectivity index (χ0n) is 16.2. The zero-order chi connectivity index (χ0) is 20.8. The molecule has 11 nitrogen and oxygen atoms in total. The van der Waals surface area contributed by atoms with Crippen molar-refractivity contribution >= 4 is 0 Å². The fourth-order valence-corrected chi connectivity index (χ4v) is 4.01. The lowest BCUT2D eigenvalue weighted by Gasteiger charge is -2.40. The molecule has 11 heteroatoms. The molecule has 0 bridgehead atoms. The minimum absolute atomic E-state index is 0.0471. The van der Waals surface area contributed by atoms with Gasteiger partial charge in [-0.25, -0.2) is 0 Å². The highest BCUT2D eigenvalue weighted by molar-refractivity contribution is 4.82. The van der Waals surface area contributed by atoms with E-state index in [1.807, 2.05) is 0 Å². The van der Waals surface area contributed by atoms with Gasteiger partial charge in [0.15, 0.2) is 12.6 Å². The monoisotopic (exact) mass is 421 g/mol. The molecule has 0 aromatic rings. The lowest BCUT2D eigenvalue weighted by Crippen LogP contribution is -2.48. The second-order valence-corrected chi connectivity index (χ2v) is 7.84. The van der Waals surface area contributed by atoms with Gasteiger partial charge in [0.2, 0.25) is 0 Å². The van der Waals surface area contributed by atoms with Gasteiger partial charge in [-0.05, 0) is 0 Å². The van der Waals surface area contributed by atoms with E-state index in [1.54, 1.807) is 0 Å². The van der Waals surface area contributed by atoms with E-state index in [0.717, 1.165) is 0 Å². The van der Waals surface area contributed by atoms with Crippen molar-refractivity contribution in [3.05, 3.63) is 4.91 Å². The van der Waals surface area contributed by atoms with Crippen molar-refractivity contribution in [2.75, 3.05) is 26.4 Å². The van der Waals surface area contributed by atoms with E-state index in [2.05, 4.69) is 5.18 Å².